The first-order valence-electron chi connectivity index (χ1n) is 6.74. The van der Waals surface area contributed by atoms with Gasteiger partial charge in [0.2, 0.25) is 0 Å². The van der Waals surface area contributed by atoms with E-state index in [0.29, 0.717) is 12.5 Å². The standard InChI is InChI=1S/C15H22N2O2/c1-15(2,3)19-14(18)17(4)10-12-7-8-16-9-13(12)11-5-6-11/h7-9,11H,5-6,10H2,1-4H3. The van der Waals surface area contributed by atoms with Crippen LogP contribution >= 0.6 is 0 Å². The molecule has 0 aromatic carbocycles. The Morgan fingerprint density at radius 3 is 2.74 bits per heavy atom. The van der Waals surface area contributed by atoms with Crippen molar-refractivity contribution >= 4 is 6.09 Å². The second-order valence-corrected chi connectivity index (χ2v) is 6.19. The number of carbonyl (C=O) groups excluding carboxylic acids is 1. The van der Waals surface area contributed by atoms with Crippen molar-refractivity contribution in [3.8, 4) is 0 Å². The third-order valence-corrected chi connectivity index (χ3v) is 3.08. The van der Waals surface area contributed by atoms with Crippen molar-refractivity contribution in [1.29, 1.82) is 0 Å². The summed E-state index contributed by atoms with van der Waals surface area (Å²) < 4.78 is 5.36. The molecule has 0 bridgehead atoms. The number of aromatic nitrogens is 1. The van der Waals surface area contributed by atoms with Gasteiger partial charge in [-0.1, -0.05) is 0 Å². The predicted molar refractivity (Wildman–Crippen MR) is 73.9 cm³/mol. The summed E-state index contributed by atoms with van der Waals surface area (Å²) in [4.78, 5) is 17.7. The Hall–Kier alpha value is -1.58. The van der Waals surface area contributed by atoms with E-state index < -0.39 is 5.60 Å². The Morgan fingerprint density at radius 2 is 2.16 bits per heavy atom. The molecule has 1 aromatic heterocycles. The first-order chi connectivity index (χ1) is 8.87. The number of pyridine rings is 1. The number of nitrogens with zero attached hydrogens (tertiary/aromatic N) is 2. The molecular formula is C15H22N2O2. The molecule has 1 fully saturated rings. The van der Waals surface area contributed by atoms with E-state index in [0.717, 1.165) is 0 Å². The Morgan fingerprint density at radius 1 is 1.47 bits per heavy atom. The molecule has 1 amide bonds. The highest BCUT2D eigenvalue weighted by atomic mass is 16.6. The third kappa shape index (κ3) is 3.94. The second-order valence-electron chi connectivity index (χ2n) is 6.19. The predicted octanol–water partition coefficient (Wildman–Crippen LogP) is 3.33. The molecule has 1 aliphatic carbocycles. The molecule has 1 aliphatic rings. The highest BCUT2D eigenvalue weighted by molar-refractivity contribution is 5.67. The van der Waals surface area contributed by atoms with Crippen molar-refractivity contribution in [2.24, 2.45) is 0 Å². The fraction of sp³-hybridized carbons (Fsp3) is 0.600. The third-order valence-electron chi connectivity index (χ3n) is 3.08. The summed E-state index contributed by atoms with van der Waals surface area (Å²) >= 11 is 0. The smallest absolute Gasteiger partial charge is 0.410 e. The number of hydrogen-bond donors (Lipinski definition) is 0. The Bertz CT molecular complexity index is 461. The van der Waals surface area contributed by atoms with Crippen LogP contribution in [0.25, 0.3) is 0 Å². The average molecular weight is 262 g/mol. The van der Waals surface area contributed by atoms with Crippen LogP contribution in [0.2, 0.25) is 0 Å². The molecule has 1 aromatic rings. The molecule has 0 spiro atoms. The van der Waals surface area contributed by atoms with Crippen LogP contribution in [-0.2, 0) is 11.3 Å². The van der Waals surface area contributed by atoms with Gasteiger partial charge in [-0.3, -0.25) is 4.98 Å². The number of carbonyl (C=O) groups is 1. The maximum absolute atomic E-state index is 11.9. The summed E-state index contributed by atoms with van der Waals surface area (Å²) in [6, 6.07) is 1.99. The lowest BCUT2D eigenvalue weighted by Crippen LogP contribution is -2.34. The van der Waals surface area contributed by atoms with Crippen LogP contribution in [0.3, 0.4) is 0 Å². The van der Waals surface area contributed by atoms with E-state index in [4.69, 9.17) is 4.74 Å². The van der Waals surface area contributed by atoms with Crippen LogP contribution in [0, 0.1) is 0 Å². The molecule has 19 heavy (non-hydrogen) atoms. The lowest BCUT2D eigenvalue weighted by atomic mass is 10.1. The van der Waals surface area contributed by atoms with Gasteiger partial charge in [0.1, 0.15) is 5.60 Å². The fourth-order valence-electron chi connectivity index (χ4n) is 2.00. The van der Waals surface area contributed by atoms with E-state index in [1.165, 1.54) is 24.0 Å². The van der Waals surface area contributed by atoms with Gasteiger partial charge < -0.3 is 9.64 Å². The summed E-state index contributed by atoms with van der Waals surface area (Å²) in [5, 5.41) is 0. The van der Waals surface area contributed by atoms with Crippen molar-refractivity contribution in [3.63, 3.8) is 0 Å². The van der Waals surface area contributed by atoms with Gasteiger partial charge in [0.05, 0.1) is 0 Å². The van der Waals surface area contributed by atoms with Gasteiger partial charge in [0.15, 0.2) is 0 Å². The van der Waals surface area contributed by atoms with E-state index in [1.807, 2.05) is 33.0 Å². The number of amides is 1. The molecule has 4 heteroatoms. The van der Waals surface area contributed by atoms with Crippen LogP contribution < -0.4 is 0 Å². The van der Waals surface area contributed by atoms with Crippen molar-refractivity contribution in [2.45, 2.75) is 51.7 Å². The normalized spacial score (nSPS) is 15.2. The number of hydrogen-bond acceptors (Lipinski definition) is 3. The number of rotatable bonds is 3. The lowest BCUT2D eigenvalue weighted by molar-refractivity contribution is 0.0284. The summed E-state index contributed by atoms with van der Waals surface area (Å²) in [7, 11) is 1.77. The molecular weight excluding hydrogens is 240 g/mol. The Balaban J connectivity index is 2.02. The van der Waals surface area contributed by atoms with Crippen LogP contribution in [0.4, 0.5) is 4.79 Å². The van der Waals surface area contributed by atoms with E-state index >= 15 is 0 Å². The monoisotopic (exact) mass is 262 g/mol. The van der Waals surface area contributed by atoms with Gasteiger partial charge in [0, 0.05) is 26.0 Å². The summed E-state index contributed by atoms with van der Waals surface area (Å²) in [6.07, 6.45) is 5.88. The van der Waals surface area contributed by atoms with Gasteiger partial charge in [0.25, 0.3) is 0 Å². The largest absolute Gasteiger partial charge is 0.444 e. The minimum Gasteiger partial charge on any atom is -0.444 e. The quantitative estimate of drug-likeness (QED) is 0.839. The summed E-state index contributed by atoms with van der Waals surface area (Å²) in [5.41, 5.74) is 1.99. The van der Waals surface area contributed by atoms with Crippen LogP contribution in [0.15, 0.2) is 18.5 Å². The van der Waals surface area contributed by atoms with E-state index in [-0.39, 0.29) is 6.09 Å². The highest BCUT2D eigenvalue weighted by Crippen LogP contribution is 2.41. The fourth-order valence-corrected chi connectivity index (χ4v) is 2.00. The molecule has 2 rings (SSSR count). The molecule has 1 saturated carbocycles. The molecule has 4 nitrogen and oxygen atoms in total. The molecule has 0 saturated heterocycles. The number of ether oxygens (including phenoxy) is 1. The molecule has 0 radical (unpaired) electrons. The van der Waals surface area contributed by atoms with Crippen LogP contribution in [0.5, 0.6) is 0 Å². The lowest BCUT2D eigenvalue weighted by Gasteiger charge is -2.25. The van der Waals surface area contributed by atoms with Crippen molar-refractivity contribution in [2.75, 3.05) is 7.05 Å². The van der Waals surface area contributed by atoms with Gasteiger partial charge >= 0.3 is 6.09 Å². The minimum atomic E-state index is -0.455. The van der Waals surface area contributed by atoms with Crippen LogP contribution in [-0.4, -0.2) is 28.6 Å². The molecule has 0 atom stereocenters. The summed E-state index contributed by atoms with van der Waals surface area (Å²) in [5.74, 6) is 0.635. The molecule has 0 aliphatic heterocycles. The van der Waals surface area contributed by atoms with Crippen LogP contribution in [0.1, 0.15) is 50.7 Å². The molecule has 0 unspecified atom stereocenters. The van der Waals surface area contributed by atoms with Gasteiger partial charge in [-0.25, -0.2) is 4.79 Å². The Labute approximate surface area is 114 Å². The molecule has 1 heterocycles. The average Bonchev–Trinajstić information content (AvgIpc) is 3.11. The van der Waals surface area contributed by atoms with Gasteiger partial charge in [-0.15, -0.1) is 0 Å². The molecule has 104 valence electrons. The molecule has 0 N–H and O–H groups in total. The maximum atomic E-state index is 11.9. The van der Waals surface area contributed by atoms with Gasteiger partial charge in [-0.05, 0) is 56.7 Å². The zero-order valence-corrected chi connectivity index (χ0v) is 12.1. The van der Waals surface area contributed by atoms with Crippen molar-refractivity contribution in [1.82, 2.24) is 9.88 Å². The summed E-state index contributed by atoms with van der Waals surface area (Å²) in [6.45, 7) is 6.20. The van der Waals surface area contributed by atoms with E-state index in [2.05, 4.69) is 4.98 Å². The SMILES string of the molecule is CN(Cc1ccncc1C1CC1)C(=O)OC(C)(C)C. The van der Waals surface area contributed by atoms with Gasteiger partial charge in [-0.2, -0.15) is 0 Å². The first kappa shape index (κ1) is 13.8. The zero-order chi connectivity index (χ0) is 14.0. The zero-order valence-electron chi connectivity index (χ0n) is 12.1. The minimum absolute atomic E-state index is 0.286. The topological polar surface area (TPSA) is 42.4 Å². The van der Waals surface area contributed by atoms with E-state index in [9.17, 15) is 4.79 Å². The second kappa shape index (κ2) is 5.19. The Kier molecular flexibility index (Phi) is 3.78. The van der Waals surface area contributed by atoms with E-state index in [1.54, 1.807) is 18.1 Å². The highest BCUT2D eigenvalue weighted by Gasteiger charge is 2.27. The maximum Gasteiger partial charge on any atom is 0.410 e. The van der Waals surface area contributed by atoms with Crippen molar-refractivity contribution in [3.05, 3.63) is 29.6 Å². The van der Waals surface area contributed by atoms with Crippen molar-refractivity contribution < 1.29 is 9.53 Å². The first-order valence-corrected chi connectivity index (χ1v) is 6.74.